The SMILES string of the molecule is CC(=O)Nc1ccc(C(=O)NC2CCCCC2)cc1Cl. The molecule has 0 bridgehead atoms. The molecule has 2 amide bonds. The van der Waals surface area contributed by atoms with Crippen molar-refractivity contribution in [1.29, 1.82) is 0 Å². The molecular weight excluding hydrogens is 276 g/mol. The van der Waals surface area contributed by atoms with E-state index in [-0.39, 0.29) is 17.9 Å². The molecule has 0 spiro atoms. The van der Waals surface area contributed by atoms with Gasteiger partial charge in [-0.25, -0.2) is 0 Å². The van der Waals surface area contributed by atoms with Gasteiger partial charge in [0.25, 0.3) is 5.91 Å². The van der Waals surface area contributed by atoms with Crippen molar-refractivity contribution < 1.29 is 9.59 Å². The molecule has 2 rings (SSSR count). The standard InChI is InChI=1S/C15H19ClN2O2/c1-10(19)17-14-8-7-11(9-13(14)16)15(20)18-12-5-3-2-4-6-12/h7-9,12H,2-6H2,1H3,(H,17,19)(H,18,20). The van der Waals surface area contributed by atoms with E-state index < -0.39 is 0 Å². The third-order valence-electron chi connectivity index (χ3n) is 3.48. The molecule has 0 radical (unpaired) electrons. The average Bonchev–Trinajstić information content (AvgIpc) is 2.41. The summed E-state index contributed by atoms with van der Waals surface area (Å²) in [6.45, 7) is 1.42. The number of rotatable bonds is 3. The first-order valence-corrected chi connectivity index (χ1v) is 7.32. The monoisotopic (exact) mass is 294 g/mol. The highest BCUT2D eigenvalue weighted by Crippen LogP contribution is 2.23. The second-order valence-electron chi connectivity index (χ2n) is 5.18. The van der Waals surface area contributed by atoms with Crippen LogP contribution in [0.15, 0.2) is 18.2 Å². The number of amides is 2. The molecule has 0 unspecified atom stereocenters. The zero-order chi connectivity index (χ0) is 14.5. The topological polar surface area (TPSA) is 58.2 Å². The molecule has 0 saturated heterocycles. The van der Waals surface area contributed by atoms with E-state index in [2.05, 4.69) is 10.6 Å². The number of carbonyl (C=O) groups is 2. The minimum Gasteiger partial charge on any atom is -0.349 e. The van der Waals surface area contributed by atoms with Crippen LogP contribution in [-0.2, 0) is 4.79 Å². The number of carbonyl (C=O) groups excluding carboxylic acids is 2. The van der Waals surface area contributed by atoms with Crippen LogP contribution in [0.2, 0.25) is 5.02 Å². The highest BCUT2D eigenvalue weighted by atomic mass is 35.5. The Balaban J connectivity index is 2.02. The molecule has 0 atom stereocenters. The quantitative estimate of drug-likeness (QED) is 0.898. The molecule has 1 aromatic carbocycles. The summed E-state index contributed by atoms with van der Waals surface area (Å²) in [6.07, 6.45) is 5.69. The zero-order valence-corrected chi connectivity index (χ0v) is 12.3. The van der Waals surface area contributed by atoms with Gasteiger partial charge < -0.3 is 10.6 Å². The Morgan fingerprint density at radius 2 is 1.90 bits per heavy atom. The molecule has 2 N–H and O–H groups in total. The van der Waals surface area contributed by atoms with Gasteiger partial charge >= 0.3 is 0 Å². The van der Waals surface area contributed by atoms with Gasteiger partial charge in [-0.1, -0.05) is 30.9 Å². The third-order valence-corrected chi connectivity index (χ3v) is 3.80. The molecule has 1 aliphatic rings. The highest BCUT2D eigenvalue weighted by molar-refractivity contribution is 6.34. The third kappa shape index (κ3) is 3.97. The Kier molecular flexibility index (Phi) is 5.01. The van der Waals surface area contributed by atoms with Crippen molar-refractivity contribution in [2.45, 2.75) is 45.1 Å². The van der Waals surface area contributed by atoms with Crippen LogP contribution in [0.25, 0.3) is 0 Å². The number of halogens is 1. The summed E-state index contributed by atoms with van der Waals surface area (Å²) in [5.41, 5.74) is 1.04. The van der Waals surface area contributed by atoms with Crippen molar-refractivity contribution in [3.63, 3.8) is 0 Å². The molecule has 1 aromatic rings. The Morgan fingerprint density at radius 3 is 2.50 bits per heavy atom. The fourth-order valence-corrected chi connectivity index (χ4v) is 2.69. The fourth-order valence-electron chi connectivity index (χ4n) is 2.46. The molecular formula is C15H19ClN2O2. The number of nitrogens with one attached hydrogen (secondary N) is 2. The van der Waals surface area contributed by atoms with Crippen LogP contribution in [0, 0.1) is 0 Å². The maximum absolute atomic E-state index is 12.1. The van der Waals surface area contributed by atoms with Gasteiger partial charge in [0.05, 0.1) is 10.7 Å². The number of hydrogen-bond acceptors (Lipinski definition) is 2. The van der Waals surface area contributed by atoms with Crippen LogP contribution < -0.4 is 10.6 Å². The lowest BCUT2D eigenvalue weighted by Crippen LogP contribution is -2.36. The van der Waals surface area contributed by atoms with Crippen LogP contribution in [0.4, 0.5) is 5.69 Å². The second-order valence-corrected chi connectivity index (χ2v) is 5.59. The minimum atomic E-state index is -0.189. The van der Waals surface area contributed by atoms with E-state index in [0.29, 0.717) is 16.3 Å². The highest BCUT2D eigenvalue weighted by Gasteiger charge is 2.17. The van der Waals surface area contributed by atoms with Crippen molar-refractivity contribution in [3.8, 4) is 0 Å². The van der Waals surface area contributed by atoms with Gasteiger partial charge in [-0.3, -0.25) is 9.59 Å². The van der Waals surface area contributed by atoms with Crippen LogP contribution in [-0.4, -0.2) is 17.9 Å². The van der Waals surface area contributed by atoms with E-state index in [1.165, 1.54) is 26.2 Å². The van der Waals surface area contributed by atoms with Gasteiger partial charge in [0.1, 0.15) is 0 Å². The van der Waals surface area contributed by atoms with E-state index in [1.54, 1.807) is 18.2 Å². The first kappa shape index (κ1) is 14.9. The average molecular weight is 295 g/mol. The number of hydrogen-bond donors (Lipinski definition) is 2. The normalized spacial score (nSPS) is 15.7. The summed E-state index contributed by atoms with van der Waals surface area (Å²) in [5, 5.41) is 6.03. The molecule has 1 saturated carbocycles. The van der Waals surface area contributed by atoms with Crippen LogP contribution in [0.5, 0.6) is 0 Å². The van der Waals surface area contributed by atoms with E-state index in [1.807, 2.05) is 0 Å². The van der Waals surface area contributed by atoms with Gasteiger partial charge in [0, 0.05) is 18.5 Å². The predicted octanol–water partition coefficient (Wildman–Crippen LogP) is 3.36. The Bertz CT molecular complexity index is 511. The lowest BCUT2D eigenvalue weighted by atomic mass is 9.95. The Morgan fingerprint density at radius 1 is 1.20 bits per heavy atom. The fraction of sp³-hybridized carbons (Fsp3) is 0.467. The van der Waals surface area contributed by atoms with E-state index in [9.17, 15) is 9.59 Å². The maximum Gasteiger partial charge on any atom is 0.251 e. The van der Waals surface area contributed by atoms with E-state index in [0.717, 1.165) is 12.8 Å². The number of anilines is 1. The van der Waals surface area contributed by atoms with Gasteiger partial charge in [-0.05, 0) is 31.0 Å². The second kappa shape index (κ2) is 6.75. The van der Waals surface area contributed by atoms with E-state index in [4.69, 9.17) is 11.6 Å². The van der Waals surface area contributed by atoms with Crippen molar-refractivity contribution in [1.82, 2.24) is 5.32 Å². The first-order valence-electron chi connectivity index (χ1n) is 6.94. The Labute approximate surface area is 123 Å². The van der Waals surface area contributed by atoms with Crippen LogP contribution in [0.3, 0.4) is 0 Å². The molecule has 108 valence electrons. The summed E-state index contributed by atoms with van der Waals surface area (Å²) in [5.74, 6) is -0.292. The maximum atomic E-state index is 12.1. The molecule has 20 heavy (non-hydrogen) atoms. The molecule has 1 aliphatic carbocycles. The van der Waals surface area contributed by atoms with Crippen LogP contribution >= 0.6 is 11.6 Å². The summed E-state index contributed by atoms with van der Waals surface area (Å²) in [7, 11) is 0. The lowest BCUT2D eigenvalue weighted by molar-refractivity contribution is -0.114. The Hall–Kier alpha value is -1.55. The molecule has 0 aliphatic heterocycles. The first-order chi connectivity index (χ1) is 9.56. The van der Waals surface area contributed by atoms with Gasteiger partial charge in [0.15, 0.2) is 0 Å². The zero-order valence-electron chi connectivity index (χ0n) is 11.5. The minimum absolute atomic E-state index is 0.104. The van der Waals surface area contributed by atoms with Gasteiger partial charge in [-0.15, -0.1) is 0 Å². The molecule has 4 nitrogen and oxygen atoms in total. The van der Waals surface area contributed by atoms with Crippen molar-refractivity contribution in [3.05, 3.63) is 28.8 Å². The van der Waals surface area contributed by atoms with Gasteiger partial charge in [-0.2, -0.15) is 0 Å². The largest absolute Gasteiger partial charge is 0.349 e. The van der Waals surface area contributed by atoms with Crippen LogP contribution in [0.1, 0.15) is 49.4 Å². The molecule has 0 heterocycles. The summed E-state index contributed by atoms with van der Waals surface area (Å²) < 4.78 is 0. The summed E-state index contributed by atoms with van der Waals surface area (Å²) in [6, 6.07) is 5.19. The van der Waals surface area contributed by atoms with Crippen molar-refractivity contribution in [2.24, 2.45) is 0 Å². The van der Waals surface area contributed by atoms with E-state index >= 15 is 0 Å². The predicted molar refractivity (Wildman–Crippen MR) is 80.1 cm³/mol. The molecule has 5 heteroatoms. The van der Waals surface area contributed by atoms with Crippen molar-refractivity contribution >= 4 is 29.1 Å². The summed E-state index contributed by atoms with van der Waals surface area (Å²) in [4.78, 5) is 23.1. The number of benzene rings is 1. The lowest BCUT2D eigenvalue weighted by Gasteiger charge is -2.22. The summed E-state index contributed by atoms with van der Waals surface area (Å²) >= 11 is 6.07. The smallest absolute Gasteiger partial charge is 0.251 e. The molecule has 1 fully saturated rings. The molecule has 0 aromatic heterocycles. The van der Waals surface area contributed by atoms with Gasteiger partial charge in [0.2, 0.25) is 5.91 Å². The van der Waals surface area contributed by atoms with Crippen molar-refractivity contribution in [2.75, 3.05) is 5.32 Å².